The van der Waals surface area contributed by atoms with Gasteiger partial charge < -0.3 is 15.2 Å². The fraction of sp³-hybridized carbons (Fsp3) is 0.179. The Morgan fingerprint density at radius 2 is 1.64 bits per heavy atom. The molecule has 1 aromatic heterocycles. The molecule has 0 unspecified atom stereocenters. The highest BCUT2D eigenvalue weighted by atomic mass is 35.5. The maximum atomic E-state index is 14.5. The standard InChI is InChI=1S/C28H25ClFN3O3/c1-15-11-21(12-16(2)17(15)3)31-24(34)14-19-7-5-8-20(13-19)32-28(35)25-18(4)36-33-27(25)26-22(29)9-6-10-23(26)30/h5-13H,14H2,1-4H3,(H,31,34)(H,32,35). The van der Waals surface area contributed by atoms with Gasteiger partial charge in [0.25, 0.3) is 5.91 Å². The highest BCUT2D eigenvalue weighted by Crippen LogP contribution is 2.33. The fourth-order valence-corrected chi connectivity index (χ4v) is 4.24. The van der Waals surface area contributed by atoms with Crippen LogP contribution in [-0.4, -0.2) is 17.0 Å². The zero-order valence-corrected chi connectivity index (χ0v) is 21.1. The van der Waals surface area contributed by atoms with Crippen molar-refractivity contribution in [3.8, 4) is 11.3 Å². The molecule has 0 aliphatic carbocycles. The molecule has 2 N–H and O–H groups in total. The third-order valence-electron chi connectivity index (χ3n) is 6.05. The lowest BCUT2D eigenvalue weighted by Gasteiger charge is -2.11. The molecule has 4 aromatic rings. The quantitative estimate of drug-likeness (QED) is 0.302. The van der Waals surface area contributed by atoms with Crippen molar-refractivity contribution in [2.24, 2.45) is 0 Å². The predicted molar refractivity (Wildman–Crippen MR) is 139 cm³/mol. The second-order valence-electron chi connectivity index (χ2n) is 8.67. The average Bonchev–Trinajstić information content (AvgIpc) is 3.18. The summed E-state index contributed by atoms with van der Waals surface area (Å²) in [7, 11) is 0. The molecule has 2 amide bonds. The molecular formula is C28H25ClFN3O3. The molecule has 8 heteroatoms. The summed E-state index contributed by atoms with van der Waals surface area (Å²) < 4.78 is 19.7. The maximum absolute atomic E-state index is 14.5. The third kappa shape index (κ3) is 5.31. The number of anilines is 2. The van der Waals surface area contributed by atoms with Crippen molar-refractivity contribution >= 4 is 34.8 Å². The van der Waals surface area contributed by atoms with Crippen molar-refractivity contribution < 1.29 is 18.5 Å². The largest absolute Gasteiger partial charge is 0.360 e. The van der Waals surface area contributed by atoms with Crippen LogP contribution in [0.4, 0.5) is 15.8 Å². The summed E-state index contributed by atoms with van der Waals surface area (Å²) in [6.45, 7) is 7.63. The lowest BCUT2D eigenvalue weighted by molar-refractivity contribution is -0.115. The van der Waals surface area contributed by atoms with Crippen molar-refractivity contribution in [2.75, 3.05) is 10.6 Å². The van der Waals surface area contributed by atoms with Crippen LogP contribution in [0.2, 0.25) is 5.02 Å². The Kier molecular flexibility index (Phi) is 7.22. The SMILES string of the molecule is Cc1cc(NC(=O)Cc2cccc(NC(=O)c3c(-c4c(F)cccc4Cl)noc3C)c2)cc(C)c1C. The van der Waals surface area contributed by atoms with E-state index in [0.29, 0.717) is 11.3 Å². The number of halogens is 2. The van der Waals surface area contributed by atoms with Crippen molar-refractivity contribution in [1.29, 1.82) is 0 Å². The molecule has 0 bridgehead atoms. The summed E-state index contributed by atoms with van der Waals surface area (Å²) in [6, 6.07) is 15.1. The van der Waals surface area contributed by atoms with Crippen LogP contribution >= 0.6 is 11.6 Å². The van der Waals surface area contributed by atoms with E-state index < -0.39 is 11.7 Å². The number of nitrogens with one attached hydrogen (secondary N) is 2. The Labute approximate surface area is 213 Å². The van der Waals surface area contributed by atoms with E-state index in [1.54, 1.807) is 31.2 Å². The van der Waals surface area contributed by atoms with Crippen LogP contribution in [0.1, 0.15) is 38.4 Å². The molecule has 1 heterocycles. The Morgan fingerprint density at radius 1 is 0.944 bits per heavy atom. The van der Waals surface area contributed by atoms with Crippen LogP contribution in [0.15, 0.2) is 59.1 Å². The van der Waals surface area contributed by atoms with Gasteiger partial charge in [-0.25, -0.2) is 4.39 Å². The monoisotopic (exact) mass is 505 g/mol. The fourth-order valence-electron chi connectivity index (χ4n) is 3.99. The van der Waals surface area contributed by atoms with Crippen LogP contribution in [0.5, 0.6) is 0 Å². The van der Waals surface area contributed by atoms with Crippen LogP contribution in [0.3, 0.4) is 0 Å². The number of nitrogens with zero attached hydrogens (tertiary/aromatic N) is 1. The molecule has 184 valence electrons. The minimum atomic E-state index is -0.614. The van der Waals surface area contributed by atoms with Gasteiger partial charge in [-0.2, -0.15) is 0 Å². The van der Waals surface area contributed by atoms with Gasteiger partial charge in [0.05, 0.1) is 17.0 Å². The number of carbonyl (C=O) groups excluding carboxylic acids is 2. The third-order valence-corrected chi connectivity index (χ3v) is 6.36. The summed E-state index contributed by atoms with van der Waals surface area (Å²) in [5.41, 5.74) is 5.43. The molecule has 36 heavy (non-hydrogen) atoms. The molecule has 0 fully saturated rings. The molecule has 0 spiro atoms. The highest BCUT2D eigenvalue weighted by molar-refractivity contribution is 6.33. The summed E-state index contributed by atoms with van der Waals surface area (Å²) in [5, 5.41) is 9.70. The van der Waals surface area contributed by atoms with Gasteiger partial charge in [-0.05, 0) is 86.3 Å². The Balaban J connectivity index is 1.51. The number of aromatic nitrogens is 1. The maximum Gasteiger partial charge on any atom is 0.261 e. The van der Waals surface area contributed by atoms with Crippen molar-refractivity contribution in [1.82, 2.24) is 5.16 Å². The van der Waals surface area contributed by atoms with E-state index in [1.165, 1.54) is 23.8 Å². The van der Waals surface area contributed by atoms with Gasteiger partial charge in [0.1, 0.15) is 22.8 Å². The number of rotatable bonds is 6. The number of amides is 2. The van der Waals surface area contributed by atoms with E-state index in [0.717, 1.165) is 16.8 Å². The van der Waals surface area contributed by atoms with Crippen LogP contribution < -0.4 is 10.6 Å². The lowest BCUT2D eigenvalue weighted by Crippen LogP contribution is -2.16. The zero-order valence-electron chi connectivity index (χ0n) is 20.3. The first-order chi connectivity index (χ1) is 17.1. The van der Waals surface area contributed by atoms with Gasteiger partial charge in [0.15, 0.2) is 0 Å². The Morgan fingerprint density at radius 3 is 2.33 bits per heavy atom. The molecule has 0 saturated carbocycles. The van der Waals surface area contributed by atoms with Gasteiger partial charge in [-0.15, -0.1) is 0 Å². The van der Waals surface area contributed by atoms with E-state index >= 15 is 0 Å². The van der Waals surface area contributed by atoms with Crippen molar-refractivity contribution in [3.05, 3.63) is 99.0 Å². The molecule has 0 atom stereocenters. The first kappa shape index (κ1) is 25.1. The number of hydrogen-bond acceptors (Lipinski definition) is 4. The second kappa shape index (κ2) is 10.3. The minimum Gasteiger partial charge on any atom is -0.360 e. The van der Waals surface area contributed by atoms with E-state index in [9.17, 15) is 14.0 Å². The average molecular weight is 506 g/mol. The first-order valence-electron chi connectivity index (χ1n) is 11.3. The molecular weight excluding hydrogens is 481 g/mol. The van der Waals surface area contributed by atoms with Crippen LogP contribution in [-0.2, 0) is 11.2 Å². The van der Waals surface area contributed by atoms with Crippen molar-refractivity contribution in [3.63, 3.8) is 0 Å². The summed E-state index contributed by atoms with van der Waals surface area (Å²) in [4.78, 5) is 25.8. The summed E-state index contributed by atoms with van der Waals surface area (Å²) in [6.07, 6.45) is 0.123. The van der Waals surface area contributed by atoms with E-state index in [-0.39, 0.29) is 39.9 Å². The minimum absolute atomic E-state index is 0.00633. The van der Waals surface area contributed by atoms with E-state index in [4.69, 9.17) is 16.1 Å². The smallest absolute Gasteiger partial charge is 0.261 e. The first-order valence-corrected chi connectivity index (χ1v) is 11.7. The van der Waals surface area contributed by atoms with Gasteiger partial charge in [-0.3, -0.25) is 9.59 Å². The normalized spacial score (nSPS) is 10.8. The molecule has 3 aromatic carbocycles. The molecule has 0 radical (unpaired) electrons. The summed E-state index contributed by atoms with van der Waals surface area (Å²) >= 11 is 6.17. The zero-order chi connectivity index (χ0) is 26.0. The second-order valence-corrected chi connectivity index (χ2v) is 9.08. The number of hydrogen-bond donors (Lipinski definition) is 2. The number of aryl methyl sites for hydroxylation is 3. The van der Waals surface area contributed by atoms with Crippen LogP contribution in [0.25, 0.3) is 11.3 Å². The molecule has 6 nitrogen and oxygen atoms in total. The van der Waals surface area contributed by atoms with Gasteiger partial charge in [-0.1, -0.05) is 35.0 Å². The molecule has 0 saturated heterocycles. The number of benzene rings is 3. The van der Waals surface area contributed by atoms with E-state index in [1.807, 2.05) is 32.9 Å². The number of carbonyl (C=O) groups is 2. The highest BCUT2D eigenvalue weighted by Gasteiger charge is 2.25. The van der Waals surface area contributed by atoms with Crippen LogP contribution in [0, 0.1) is 33.5 Å². The van der Waals surface area contributed by atoms with E-state index in [2.05, 4.69) is 15.8 Å². The Bertz CT molecular complexity index is 1440. The molecule has 0 aliphatic rings. The van der Waals surface area contributed by atoms with Gasteiger partial charge in [0, 0.05) is 11.4 Å². The Hall–Kier alpha value is -3.97. The topological polar surface area (TPSA) is 84.2 Å². The van der Waals surface area contributed by atoms with Crippen molar-refractivity contribution in [2.45, 2.75) is 34.1 Å². The predicted octanol–water partition coefficient (Wildman–Crippen LogP) is 6.80. The lowest BCUT2D eigenvalue weighted by atomic mass is 10.0. The molecule has 0 aliphatic heterocycles. The van der Waals surface area contributed by atoms with Gasteiger partial charge >= 0.3 is 0 Å². The van der Waals surface area contributed by atoms with Gasteiger partial charge in [0.2, 0.25) is 5.91 Å². The summed E-state index contributed by atoms with van der Waals surface area (Å²) in [5.74, 6) is -1.10. The molecule has 4 rings (SSSR count).